The molecule has 0 bridgehead atoms. The number of aromatic nitrogens is 4. The van der Waals surface area contributed by atoms with Gasteiger partial charge in [0.1, 0.15) is 11.6 Å². The predicted octanol–water partition coefficient (Wildman–Crippen LogP) is 3.35. The zero-order chi connectivity index (χ0) is 18.4. The van der Waals surface area contributed by atoms with E-state index in [4.69, 9.17) is 21.4 Å². The summed E-state index contributed by atoms with van der Waals surface area (Å²) < 4.78 is 7.38. The summed E-state index contributed by atoms with van der Waals surface area (Å²) in [7, 11) is 1.69. The molecule has 2 fully saturated rings. The Morgan fingerprint density at radius 3 is 2.85 bits per heavy atom. The van der Waals surface area contributed by atoms with E-state index in [9.17, 15) is 0 Å². The summed E-state index contributed by atoms with van der Waals surface area (Å²) in [6, 6.07) is 9.99. The largest absolute Gasteiger partial charge is 0.495 e. The molecule has 140 valence electrons. The lowest BCUT2D eigenvalue weighted by molar-refractivity contribution is 0.415. The Bertz CT molecular complexity index is 985. The van der Waals surface area contributed by atoms with Crippen molar-refractivity contribution < 1.29 is 4.74 Å². The Morgan fingerprint density at radius 2 is 2.04 bits per heavy atom. The van der Waals surface area contributed by atoms with E-state index in [-0.39, 0.29) is 0 Å². The topological polar surface area (TPSA) is 67.6 Å². The van der Waals surface area contributed by atoms with Crippen molar-refractivity contribution >= 4 is 28.8 Å². The Kier molecular flexibility index (Phi) is 4.04. The number of ether oxygens (including phenoxy) is 1. The summed E-state index contributed by atoms with van der Waals surface area (Å²) >= 11 is 6.19. The Labute approximate surface area is 162 Å². The molecule has 7 nitrogen and oxygen atoms in total. The van der Waals surface area contributed by atoms with Gasteiger partial charge in [0, 0.05) is 30.1 Å². The lowest BCUT2D eigenvalue weighted by Gasteiger charge is -2.22. The van der Waals surface area contributed by atoms with Crippen molar-refractivity contribution in [2.75, 3.05) is 30.4 Å². The van der Waals surface area contributed by atoms with Gasteiger partial charge in [0.15, 0.2) is 11.5 Å². The molecule has 1 atom stereocenters. The number of methoxy groups -OCH3 is 1. The minimum atomic E-state index is 0.305. The van der Waals surface area contributed by atoms with E-state index >= 15 is 0 Å². The number of halogens is 1. The number of nitrogens with one attached hydrogen (secondary N) is 1. The molecule has 1 aliphatic heterocycles. The highest BCUT2D eigenvalue weighted by atomic mass is 35.5. The highest BCUT2D eigenvalue weighted by molar-refractivity contribution is 6.30. The SMILES string of the molecule is COc1ccc(Cl)cc1N1CCC(Nc2ccc3nnc(C4CC4)n3n2)C1. The molecule has 1 aliphatic carbocycles. The van der Waals surface area contributed by atoms with Gasteiger partial charge < -0.3 is 15.0 Å². The molecule has 1 aromatic carbocycles. The first-order chi connectivity index (χ1) is 13.2. The molecule has 0 amide bonds. The van der Waals surface area contributed by atoms with Crippen molar-refractivity contribution in [2.45, 2.75) is 31.2 Å². The van der Waals surface area contributed by atoms with Crippen LogP contribution in [0.5, 0.6) is 5.75 Å². The first-order valence-corrected chi connectivity index (χ1v) is 9.66. The van der Waals surface area contributed by atoms with Crippen LogP contribution in [-0.2, 0) is 0 Å². The highest BCUT2D eigenvalue weighted by Gasteiger charge is 2.30. The number of anilines is 2. The summed E-state index contributed by atoms with van der Waals surface area (Å²) in [5.41, 5.74) is 1.84. The maximum atomic E-state index is 6.19. The van der Waals surface area contributed by atoms with Gasteiger partial charge in [0.25, 0.3) is 0 Å². The van der Waals surface area contributed by atoms with Crippen LogP contribution in [0.25, 0.3) is 5.65 Å². The van der Waals surface area contributed by atoms with Gasteiger partial charge in [-0.05, 0) is 49.6 Å². The summed E-state index contributed by atoms with van der Waals surface area (Å²) in [4.78, 5) is 2.30. The highest BCUT2D eigenvalue weighted by Crippen LogP contribution is 2.39. The molecular formula is C19H21ClN6O. The molecule has 0 spiro atoms. The third-order valence-electron chi connectivity index (χ3n) is 5.25. The molecule has 1 saturated carbocycles. The van der Waals surface area contributed by atoms with Crippen molar-refractivity contribution in [1.29, 1.82) is 0 Å². The van der Waals surface area contributed by atoms with Crippen LogP contribution in [0.4, 0.5) is 11.5 Å². The lowest BCUT2D eigenvalue weighted by atomic mass is 10.2. The van der Waals surface area contributed by atoms with Gasteiger partial charge in [0.05, 0.1) is 12.8 Å². The van der Waals surface area contributed by atoms with E-state index in [0.29, 0.717) is 12.0 Å². The van der Waals surface area contributed by atoms with Crippen LogP contribution < -0.4 is 15.0 Å². The second-order valence-electron chi connectivity index (χ2n) is 7.21. The van der Waals surface area contributed by atoms with Crippen molar-refractivity contribution in [3.63, 3.8) is 0 Å². The van der Waals surface area contributed by atoms with Crippen LogP contribution >= 0.6 is 11.6 Å². The average Bonchev–Trinajstić information content (AvgIpc) is 3.27. The standard InChI is InChI=1S/C19H21ClN6O/c1-27-16-5-4-13(20)10-15(16)25-9-8-14(11-25)21-17-6-7-18-22-23-19(12-2-3-12)26(18)24-17/h4-7,10,12,14H,2-3,8-9,11H2,1H3,(H,21,24). The zero-order valence-electron chi connectivity index (χ0n) is 15.1. The van der Waals surface area contributed by atoms with Gasteiger partial charge in [-0.25, -0.2) is 0 Å². The van der Waals surface area contributed by atoms with E-state index in [0.717, 1.165) is 53.3 Å². The molecule has 1 N–H and O–H groups in total. The summed E-state index contributed by atoms with van der Waals surface area (Å²) in [5, 5.41) is 17.5. The molecule has 1 saturated heterocycles. The molecule has 27 heavy (non-hydrogen) atoms. The van der Waals surface area contributed by atoms with E-state index in [1.807, 2.05) is 34.8 Å². The summed E-state index contributed by atoms with van der Waals surface area (Å²) in [5.74, 6) is 3.19. The summed E-state index contributed by atoms with van der Waals surface area (Å²) in [6.07, 6.45) is 3.38. The zero-order valence-corrected chi connectivity index (χ0v) is 15.9. The molecule has 3 heterocycles. The first kappa shape index (κ1) is 16.6. The van der Waals surface area contributed by atoms with Crippen molar-refractivity contribution in [3.8, 4) is 5.75 Å². The molecular weight excluding hydrogens is 364 g/mol. The van der Waals surface area contributed by atoms with Crippen LogP contribution in [0.1, 0.15) is 31.0 Å². The average molecular weight is 385 g/mol. The Balaban J connectivity index is 1.33. The van der Waals surface area contributed by atoms with Gasteiger partial charge in [0.2, 0.25) is 0 Å². The molecule has 1 unspecified atom stereocenters. The third kappa shape index (κ3) is 3.16. The Morgan fingerprint density at radius 1 is 1.15 bits per heavy atom. The van der Waals surface area contributed by atoms with Crippen molar-refractivity contribution in [3.05, 3.63) is 41.2 Å². The quantitative estimate of drug-likeness (QED) is 0.727. The third-order valence-corrected chi connectivity index (χ3v) is 5.49. The van der Waals surface area contributed by atoms with Gasteiger partial charge in [-0.2, -0.15) is 4.52 Å². The number of benzene rings is 1. The van der Waals surface area contributed by atoms with Gasteiger partial charge in [-0.15, -0.1) is 15.3 Å². The van der Waals surface area contributed by atoms with E-state index in [2.05, 4.69) is 20.4 Å². The molecule has 8 heteroatoms. The first-order valence-electron chi connectivity index (χ1n) is 9.28. The van der Waals surface area contributed by atoms with E-state index in [1.54, 1.807) is 7.11 Å². The minimum Gasteiger partial charge on any atom is -0.495 e. The fourth-order valence-electron chi connectivity index (χ4n) is 3.69. The number of hydrogen-bond acceptors (Lipinski definition) is 6. The molecule has 3 aromatic rings. The second-order valence-corrected chi connectivity index (χ2v) is 7.65. The van der Waals surface area contributed by atoms with Crippen LogP contribution in [-0.4, -0.2) is 46.1 Å². The maximum Gasteiger partial charge on any atom is 0.178 e. The maximum absolute atomic E-state index is 6.19. The molecule has 2 aliphatic rings. The lowest BCUT2D eigenvalue weighted by Crippen LogP contribution is -2.26. The van der Waals surface area contributed by atoms with Gasteiger partial charge in [-0.3, -0.25) is 0 Å². The number of rotatable bonds is 5. The second kappa shape index (κ2) is 6.56. The molecule has 2 aromatic heterocycles. The molecule has 5 rings (SSSR count). The smallest absolute Gasteiger partial charge is 0.178 e. The Hall–Kier alpha value is -2.54. The number of fused-ring (bicyclic) bond motifs is 1. The molecule has 0 radical (unpaired) electrons. The van der Waals surface area contributed by atoms with Crippen LogP contribution in [0.3, 0.4) is 0 Å². The van der Waals surface area contributed by atoms with Crippen LogP contribution in [0.2, 0.25) is 5.02 Å². The normalized spacial score (nSPS) is 19.6. The van der Waals surface area contributed by atoms with Crippen molar-refractivity contribution in [1.82, 2.24) is 19.8 Å². The number of nitrogens with zero attached hydrogens (tertiary/aromatic N) is 5. The van der Waals surface area contributed by atoms with Gasteiger partial charge >= 0.3 is 0 Å². The monoisotopic (exact) mass is 384 g/mol. The van der Waals surface area contributed by atoms with Crippen LogP contribution in [0.15, 0.2) is 30.3 Å². The number of hydrogen-bond donors (Lipinski definition) is 1. The predicted molar refractivity (Wildman–Crippen MR) is 105 cm³/mol. The van der Waals surface area contributed by atoms with Crippen molar-refractivity contribution in [2.24, 2.45) is 0 Å². The summed E-state index contributed by atoms with van der Waals surface area (Å²) in [6.45, 7) is 1.81. The van der Waals surface area contributed by atoms with Crippen LogP contribution in [0, 0.1) is 0 Å². The van der Waals surface area contributed by atoms with Gasteiger partial charge in [-0.1, -0.05) is 11.6 Å². The fraction of sp³-hybridized carbons (Fsp3) is 0.421. The fourth-order valence-corrected chi connectivity index (χ4v) is 3.86. The minimum absolute atomic E-state index is 0.305. The van der Waals surface area contributed by atoms with E-state index in [1.165, 1.54) is 12.8 Å². The van der Waals surface area contributed by atoms with E-state index < -0.39 is 0 Å².